The van der Waals surface area contributed by atoms with Crippen molar-refractivity contribution in [2.24, 2.45) is 24.8 Å². The third-order valence-electron chi connectivity index (χ3n) is 8.87. The first-order valence-corrected chi connectivity index (χ1v) is 15.6. The lowest BCUT2D eigenvalue weighted by atomic mass is 9.69. The Labute approximate surface area is 241 Å². The Morgan fingerprint density at radius 1 is 1.05 bits per heavy atom. The van der Waals surface area contributed by atoms with Crippen molar-refractivity contribution in [2.45, 2.75) is 62.8 Å². The first kappa shape index (κ1) is 28.9. The van der Waals surface area contributed by atoms with Gasteiger partial charge in [-0.2, -0.15) is 0 Å². The summed E-state index contributed by atoms with van der Waals surface area (Å²) in [4.78, 5) is 30.3. The van der Waals surface area contributed by atoms with Crippen molar-refractivity contribution in [1.82, 2.24) is 14.9 Å². The van der Waals surface area contributed by atoms with Crippen molar-refractivity contribution in [3.63, 3.8) is 0 Å². The van der Waals surface area contributed by atoms with E-state index in [1.807, 2.05) is 24.6 Å². The van der Waals surface area contributed by atoms with Crippen molar-refractivity contribution in [3.8, 4) is 0 Å². The van der Waals surface area contributed by atoms with E-state index in [2.05, 4.69) is 23.3 Å². The second kappa shape index (κ2) is 11.3. The molecule has 10 heteroatoms. The van der Waals surface area contributed by atoms with Crippen LogP contribution in [0.2, 0.25) is 0 Å². The van der Waals surface area contributed by atoms with Gasteiger partial charge in [-0.3, -0.25) is 13.9 Å². The van der Waals surface area contributed by atoms with Gasteiger partial charge in [0.2, 0.25) is 5.91 Å². The molecule has 1 fully saturated rings. The van der Waals surface area contributed by atoms with E-state index in [4.69, 9.17) is 0 Å². The fourth-order valence-corrected chi connectivity index (χ4v) is 7.48. The summed E-state index contributed by atoms with van der Waals surface area (Å²) in [5.74, 6) is -1.71. The number of carbonyl (C=O) groups excluding carboxylic acids is 1. The lowest BCUT2D eigenvalue weighted by molar-refractivity contribution is -0.150. The fourth-order valence-electron chi connectivity index (χ4n) is 6.27. The van der Waals surface area contributed by atoms with Gasteiger partial charge in [-0.05, 0) is 80.3 Å². The van der Waals surface area contributed by atoms with Gasteiger partial charge in [0.15, 0.2) is 0 Å². The second-order valence-electron chi connectivity index (χ2n) is 11.5. The highest BCUT2D eigenvalue weighted by atomic mass is 32.2. The van der Waals surface area contributed by atoms with Crippen LogP contribution in [0.5, 0.6) is 0 Å². The van der Waals surface area contributed by atoms with Crippen LogP contribution in [-0.4, -0.2) is 48.0 Å². The number of anilines is 1. The summed E-state index contributed by atoms with van der Waals surface area (Å²) >= 11 is 0. The van der Waals surface area contributed by atoms with Crippen molar-refractivity contribution in [1.29, 1.82) is 0 Å². The van der Waals surface area contributed by atoms with E-state index >= 15 is 0 Å². The number of sulfonamides is 1. The number of amides is 1. The van der Waals surface area contributed by atoms with Crippen LogP contribution >= 0.6 is 0 Å². The number of fused-ring (bicyclic) bond motifs is 1. The predicted octanol–water partition coefficient (Wildman–Crippen LogP) is 4.76. The highest BCUT2D eigenvalue weighted by Gasteiger charge is 2.43. The Hall–Kier alpha value is -3.66. The molecule has 2 aromatic carbocycles. The molecule has 0 bridgehead atoms. The molecule has 9 nitrogen and oxygen atoms in total. The van der Waals surface area contributed by atoms with Crippen LogP contribution in [0.25, 0.3) is 11.0 Å². The molecule has 1 heterocycles. The zero-order valence-corrected chi connectivity index (χ0v) is 24.8. The number of nitrogens with zero attached hydrogens (tertiary/aromatic N) is 3. The van der Waals surface area contributed by atoms with Gasteiger partial charge < -0.3 is 15.0 Å². The van der Waals surface area contributed by atoms with Crippen LogP contribution < -0.4 is 9.62 Å². The number of nitrogens with one attached hydrogen (secondary N) is 1. The number of imidazole rings is 1. The number of aliphatic carboxylic acids is 1. The van der Waals surface area contributed by atoms with Crippen LogP contribution in [0.3, 0.4) is 0 Å². The summed E-state index contributed by atoms with van der Waals surface area (Å²) in [5, 5.41) is 13.3. The van der Waals surface area contributed by atoms with Gasteiger partial charge in [-0.15, -0.1) is 0 Å². The van der Waals surface area contributed by atoms with Gasteiger partial charge >= 0.3 is 5.97 Å². The fraction of sp³-hybridized carbons (Fsp3) is 0.452. The van der Waals surface area contributed by atoms with Crippen molar-refractivity contribution < 1.29 is 23.1 Å². The van der Waals surface area contributed by atoms with Crippen molar-refractivity contribution in [3.05, 3.63) is 66.0 Å². The first-order valence-electron chi connectivity index (χ1n) is 14.2. The molecule has 2 N–H and O–H groups in total. The number of rotatable bonds is 7. The smallest absolute Gasteiger partial charge is 0.307 e. The maximum atomic E-state index is 13.5. The van der Waals surface area contributed by atoms with E-state index in [0.717, 1.165) is 36.2 Å². The predicted molar refractivity (Wildman–Crippen MR) is 158 cm³/mol. The SMILES string of the molecule is Cc1nc2cc(S(=O)(=O)N(C)c3ccc([C@H]4CCC[C@@H](C(=O)N[C@H]5C=C[C@H](C)CC5)[C@@H]4C(=O)O)cc3)ccc2n1C. The number of aryl methyl sites for hydroxylation is 2. The number of hydrogen-bond acceptors (Lipinski definition) is 5. The Balaban J connectivity index is 1.34. The van der Waals surface area contributed by atoms with E-state index in [-0.39, 0.29) is 22.8 Å². The van der Waals surface area contributed by atoms with E-state index in [1.54, 1.807) is 42.5 Å². The Bertz CT molecular complexity index is 1590. The molecule has 3 aromatic rings. The molecular weight excluding hydrogens is 540 g/mol. The quantitative estimate of drug-likeness (QED) is 0.390. The summed E-state index contributed by atoms with van der Waals surface area (Å²) in [7, 11) is -0.470. The number of carboxylic acid groups (broad SMARTS) is 1. The molecule has 0 aliphatic heterocycles. The number of benzene rings is 2. The minimum atomic E-state index is -3.86. The number of hydrogen-bond donors (Lipinski definition) is 2. The molecule has 218 valence electrons. The zero-order chi connectivity index (χ0) is 29.5. The van der Waals surface area contributed by atoms with E-state index in [1.165, 1.54) is 11.4 Å². The standard InChI is InChI=1S/C31H38N4O5S/c1-19-8-12-22(13-9-19)33-30(36)26-7-5-6-25(29(26)31(37)38)21-10-14-23(15-11-21)35(4)41(39,40)24-16-17-28-27(18-24)32-20(2)34(28)3/h8,10-12,14-19,22,25-26,29H,5-7,9,13H2,1-4H3,(H,33,36)(H,37,38)/t19-,22-,25+,26+,29+/m0/s1. The monoisotopic (exact) mass is 578 g/mol. The van der Waals surface area contributed by atoms with E-state index < -0.39 is 27.8 Å². The zero-order valence-electron chi connectivity index (χ0n) is 23.9. The van der Waals surface area contributed by atoms with Gasteiger partial charge in [0, 0.05) is 20.1 Å². The van der Waals surface area contributed by atoms with E-state index in [9.17, 15) is 23.1 Å². The molecule has 0 saturated heterocycles. The number of allylic oxidation sites excluding steroid dienone is 1. The van der Waals surface area contributed by atoms with Crippen molar-refractivity contribution >= 4 is 38.6 Å². The molecule has 2 aliphatic carbocycles. The minimum absolute atomic E-state index is 0.0623. The molecule has 1 amide bonds. The van der Waals surface area contributed by atoms with Crippen LogP contribution in [-0.2, 0) is 26.7 Å². The van der Waals surface area contributed by atoms with Crippen LogP contribution in [0.1, 0.15) is 56.3 Å². The summed E-state index contributed by atoms with van der Waals surface area (Å²) in [6.45, 7) is 4.01. The average molecular weight is 579 g/mol. The topological polar surface area (TPSA) is 122 Å². The molecule has 41 heavy (non-hydrogen) atoms. The number of aromatic nitrogens is 2. The van der Waals surface area contributed by atoms with Gasteiger partial charge in [-0.1, -0.05) is 37.6 Å². The third-order valence-corrected chi connectivity index (χ3v) is 10.7. The summed E-state index contributed by atoms with van der Waals surface area (Å²) < 4.78 is 30.0. The summed E-state index contributed by atoms with van der Waals surface area (Å²) in [6, 6.07) is 11.8. The molecule has 5 rings (SSSR count). The molecule has 0 spiro atoms. The van der Waals surface area contributed by atoms with Crippen LogP contribution in [0.4, 0.5) is 5.69 Å². The molecule has 1 saturated carbocycles. The maximum absolute atomic E-state index is 13.5. The normalized spacial score (nSPS) is 24.7. The van der Waals surface area contributed by atoms with E-state index in [0.29, 0.717) is 30.0 Å². The largest absolute Gasteiger partial charge is 0.481 e. The van der Waals surface area contributed by atoms with Gasteiger partial charge in [0.05, 0.1) is 33.5 Å². The summed E-state index contributed by atoms with van der Waals surface area (Å²) in [6.07, 6.45) is 7.89. The molecule has 2 aliphatic rings. The Kier molecular flexibility index (Phi) is 7.96. The molecule has 1 aromatic heterocycles. The summed E-state index contributed by atoms with van der Waals surface area (Å²) in [5.41, 5.74) is 2.72. The van der Waals surface area contributed by atoms with Crippen molar-refractivity contribution in [2.75, 3.05) is 11.4 Å². The third kappa shape index (κ3) is 5.62. The first-order chi connectivity index (χ1) is 19.5. The molecule has 0 unspecified atom stereocenters. The van der Waals surface area contributed by atoms with Crippen LogP contribution in [0.15, 0.2) is 59.5 Å². The second-order valence-corrected chi connectivity index (χ2v) is 13.5. The highest BCUT2D eigenvalue weighted by Crippen LogP contribution is 2.42. The molecule has 5 atom stereocenters. The average Bonchev–Trinajstić information content (AvgIpc) is 3.25. The maximum Gasteiger partial charge on any atom is 0.307 e. The minimum Gasteiger partial charge on any atom is -0.481 e. The lowest BCUT2D eigenvalue weighted by Gasteiger charge is -2.36. The van der Waals surface area contributed by atoms with Gasteiger partial charge in [0.25, 0.3) is 10.0 Å². The number of carboxylic acids is 1. The number of carbonyl (C=O) groups is 2. The lowest BCUT2D eigenvalue weighted by Crippen LogP contribution is -2.46. The van der Waals surface area contributed by atoms with Crippen LogP contribution in [0, 0.1) is 24.7 Å². The Morgan fingerprint density at radius 3 is 2.44 bits per heavy atom. The molecule has 0 radical (unpaired) electrons. The van der Waals surface area contributed by atoms with Gasteiger partial charge in [0.1, 0.15) is 5.82 Å². The highest BCUT2D eigenvalue weighted by molar-refractivity contribution is 7.92. The van der Waals surface area contributed by atoms with Gasteiger partial charge in [-0.25, -0.2) is 13.4 Å². The Morgan fingerprint density at radius 2 is 1.78 bits per heavy atom. The molecular formula is C31H38N4O5S.